The molecule has 0 bridgehead atoms. The molecule has 0 N–H and O–H groups in total. The molecule has 1 nitrogen and oxygen atoms in total. The standard InChI is InChI=1S/C25H24BN/c1-19-11-4-7-14-22(19)25-17-10-18-26(23-15-8-5-12-20(23)2)27(25)24-16-9-6-13-21(24)3/h4-18H,1-3H3. The summed E-state index contributed by atoms with van der Waals surface area (Å²) < 4.78 is 0. The van der Waals surface area contributed by atoms with E-state index in [1.807, 2.05) is 0 Å². The molecule has 2 heteroatoms. The van der Waals surface area contributed by atoms with Gasteiger partial charge in [-0.1, -0.05) is 84.3 Å². The van der Waals surface area contributed by atoms with Crippen LogP contribution >= 0.6 is 0 Å². The molecule has 0 saturated carbocycles. The highest BCUT2D eigenvalue weighted by atomic mass is 15.1. The Kier molecular flexibility index (Phi) is 4.72. The monoisotopic (exact) mass is 349 g/mol. The predicted molar refractivity (Wildman–Crippen MR) is 119 cm³/mol. The third kappa shape index (κ3) is 3.24. The maximum atomic E-state index is 2.49. The summed E-state index contributed by atoms with van der Waals surface area (Å²) in [4.78, 5) is 2.49. The quantitative estimate of drug-likeness (QED) is 0.567. The maximum absolute atomic E-state index is 2.49. The molecule has 4 rings (SSSR count). The second-order valence-electron chi connectivity index (χ2n) is 7.21. The Morgan fingerprint density at radius 2 is 1.30 bits per heavy atom. The zero-order chi connectivity index (χ0) is 18.8. The lowest BCUT2D eigenvalue weighted by Crippen LogP contribution is -2.48. The molecule has 1 heterocycles. The van der Waals surface area contributed by atoms with Crippen molar-refractivity contribution in [3.63, 3.8) is 0 Å². The molecule has 27 heavy (non-hydrogen) atoms. The third-order valence-electron chi connectivity index (χ3n) is 5.39. The lowest BCUT2D eigenvalue weighted by atomic mass is 9.51. The summed E-state index contributed by atoms with van der Waals surface area (Å²) in [7, 11) is 0. The van der Waals surface area contributed by atoms with Gasteiger partial charge in [-0.15, -0.1) is 0 Å². The maximum Gasteiger partial charge on any atom is 0.320 e. The summed E-state index contributed by atoms with van der Waals surface area (Å²) in [6, 6.07) is 26.0. The van der Waals surface area contributed by atoms with Crippen LogP contribution in [0, 0.1) is 20.8 Å². The van der Waals surface area contributed by atoms with Crippen molar-refractivity contribution in [3.8, 4) is 0 Å². The molecule has 3 aromatic carbocycles. The van der Waals surface area contributed by atoms with Gasteiger partial charge in [0.25, 0.3) is 0 Å². The van der Waals surface area contributed by atoms with E-state index in [1.54, 1.807) is 0 Å². The minimum Gasteiger partial charge on any atom is -0.377 e. The van der Waals surface area contributed by atoms with Gasteiger partial charge in [-0.3, -0.25) is 0 Å². The van der Waals surface area contributed by atoms with Gasteiger partial charge in [0.1, 0.15) is 0 Å². The van der Waals surface area contributed by atoms with Crippen LogP contribution in [0.3, 0.4) is 0 Å². The molecule has 1 aliphatic heterocycles. The number of hydrogen-bond donors (Lipinski definition) is 0. The molecular formula is C25H24BN. The van der Waals surface area contributed by atoms with Gasteiger partial charge in [-0.25, -0.2) is 0 Å². The first-order valence-corrected chi connectivity index (χ1v) is 9.51. The molecule has 0 atom stereocenters. The largest absolute Gasteiger partial charge is 0.377 e. The van der Waals surface area contributed by atoms with Crippen LogP contribution in [0.5, 0.6) is 0 Å². The molecule has 0 amide bonds. The first-order chi connectivity index (χ1) is 13.2. The predicted octanol–water partition coefficient (Wildman–Crippen LogP) is 5.47. The SMILES string of the molecule is Cc1ccccc1B1C=CC=C(c2ccccc2C)N1c1ccccc1C. The first-order valence-electron chi connectivity index (χ1n) is 9.51. The number of para-hydroxylation sites is 1. The average Bonchev–Trinajstić information content (AvgIpc) is 2.69. The molecule has 0 saturated heterocycles. The normalized spacial score (nSPS) is 13.7. The van der Waals surface area contributed by atoms with Crippen LogP contribution in [0.25, 0.3) is 5.70 Å². The number of benzene rings is 3. The van der Waals surface area contributed by atoms with E-state index in [1.165, 1.54) is 39.1 Å². The minimum atomic E-state index is 0.173. The molecule has 0 fully saturated rings. The third-order valence-corrected chi connectivity index (χ3v) is 5.39. The van der Waals surface area contributed by atoms with Gasteiger partial charge in [0.2, 0.25) is 0 Å². The fourth-order valence-electron chi connectivity index (χ4n) is 3.92. The Balaban J connectivity index is 1.93. The number of hydrogen-bond acceptors (Lipinski definition) is 1. The van der Waals surface area contributed by atoms with Crippen LogP contribution in [0.4, 0.5) is 5.69 Å². The molecule has 3 aromatic rings. The summed E-state index contributed by atoms with van der Waals surface area (Å²) in [6.45, 7) is 6.75. The smallest absolute Gasteiger partial charge is 0.320 e. The van der Waals surface area contributed by atoms with Crippen molar-refractivity contribution < 1.29 is 0 Å². The van der Waals surface area contributed by atoms with Crippen LogP contribution in [0.1, 0.15) is 22.3 Å². The zero-order valence-corrected chi connectivity index (χ0v) is 16.2. The Morgan fingerprint density at radius 1 is 0.667 bits per heavy atom. The zero-order valence-electron chi connectivity index (χ0n) is 16.2. The molecular weight excluding hydrogens is 325 g/mol. The Labute approximate surface area is 162 Å². The van der Waals surface area contributed by atoms with E-state index < -0.39 is 0 Å². The van der Waals surface area contributed by atoms with Gasteiger partial charge in [0.15, 0.2) is 0 Å². The van der Waals surface area contributed by atoms with Gasteiger partial charge in [-0.05, 0) is 55.1 Å². The number of nitrogens with zero attached hydrogens (tertiary/aromatic N) is 1. The van der Waals surface area contributed by atoms with E-state index in [2.05, 4.69) is 117 Å². The first kappa shape index (κ1) is 17.4. The lowest BCUT2D eigenvalue weighted by Gasteiger charge is -2.36. The van der Waals surface area contributed by atoms with Crippen molar-refractivity contribution in [2.45, 2.75) is 20.8 Å². The number of aryl methyl sites for hydroxylation is 3. The van der Waals surface area contributed by atoms with Crippen molar-refractivity contribution in [3.05, 3.63) is 113 Å². The Bertz CT molecular complexity index is 1030. The minimum absolute atomic E-state index is 0.173. The van der Waals surface area contributed by atoms with E-state index in [0.717, 1.165) is 0 Å². The van der Waals surface area contributed by atoms with Crippen molar-refractivity contribution >= 4 is 23.7 Å². The van der Waals surface area contributed by atoms with E-state index in [4.69, 9.17) is 0 Å². The summed E-state index contributed by atoms with van der Waals surface area (Å²) in [5, 5.41) is 0. The average molecular weight is 349 g/mol. The number of rotatable bonds is 3. The van der Waals surface area contributed by atoms with Gasteiger partial charge in [0.05, 0.1) is 0 Å². The topological polar surface area (TPSA) is 3.24 Å². The van der Waals surface area contributed by atoms with Crippen molar-refractivity contribution in [1.29, 1.82) is 0 Å². The number of allylic oxidation sites excluding steroid dienone is 2. The Morgan fingerprint density at radius 3 is 2.00 bits per heavy atom. The fourth-order valence-corrected chi connectivity index (χ4v) is 3.92. The van der Waals surface area contributed by atoms with Gasteiger partial charge < -0.3 is 4.81 Å². The van der Waals surface area contributed by atoms with Crippen LogP contribution in [-0.2, 0) is 0 Å². The van der Waals surface area contributed by atoms with Crippen LogP contribution < -0.4 is 10.3 Å². The van der Waals surface area contributed by atoms with Crippen molar-refractivity contribution in [2.75, 3.05) is 4.81 Å². The van der Waals surface area contributed by atoms with E-state index in [0.29, 0.717) is 0 Å². The van der Waals surface area contributed by atoms with Gasteiger partial charge in [-0.2, -0.15) is 0 Å². The van der Waals surface area contributed by atoms with Crippen LogP contribution in [0.2, 0.25) is 0 Å². The van der Waals surface area contributed by atoms with Crippen LogP contribution in [0.15, 0.2) is 90.9 Å². The molecule has 1 aliphatic rings. The highest BCUT2D eigenvalue weighted by molar-refractivity contribution is 6.83. The number of anilines is 1. The fraction of sp³-hybridized carbons (Fsp3) is 0.120. The van der Waals surface area contributed by atoms with Crippen molar-refractivity contribution in [1.82, 2.24) is 0 Å². The highest BCUT2D eigenvalue weighted by Crippen LogP contribution is 2.33. The molecule has 0 unspecified atom stereocenters. The molecule has 0 aromatic heterocycles. The second kappa shape index (κ2) is 7.32. The van der Waals surface area contributed by atoms with E-state index in [-0.39, 0.29) is 6.85 Å². The Hall–Kier alpha value is -3.00. The molecule has 132 valence electrons. The summed E-state index contributed by atoms with van der Waals surface area (Å²) in [6.07, 6.45) is 4.44. The van der Waals surface area contributed by atoms with Crippen LogP contribution in [-0.4, -0.2) is 6.85 Å². The second-order valence-corrected chi connectivity index (χ2v) is 7.21. The highest BCUT2D eigenvalue weighted by Gasteiger charge is 2.31. The van der Waals surface area contributed by atoms with Crippen molar-refractivity contribution in [2.24, 2.45) is 0 Å². The van der Waals surface area contributed by atoms with Gasteiger partial charge in [0, 0.05) is 11.4 Å². The van der Waals surface area contributed by atoms with E-state index in [9.17, 15) is 0 Å². The molecule has 0 radical (unpaired) electrons. The summed E-state index contributed by atoms with van der Waals surface area (Å²) in [5.41, 5.74) is 9.02. The van der Waals surface area contributed by atoms with E-state index >= 15 is 0 Å². The van der Waals surface area contributed by atoms with Gasteiger partial charge >= 0.3 is 6.85 Å². The molecule has 0 aliphatic carbocycles. The summed E-state index contributed by atoms with van der Waals surface area (Å²) >= 11 is 0. The summed E-state index contributed by atoms with van der Waals surface area (Å²) in [5.74, 6) is 2.30. The lowest BCUT2D eigenvalue weighted by molar-refractivity contribution is 1.30. The molecule has 0 spiro atoms.